The summed E-state index contributed by atoms with van der Waals surface area (Å²) in [4.78, 5) is 0. The lowest BCUT2D eigenvalue weighted by Crippen LogP contribution is -2.10. The van der Waals surface area contributed by atoms with Crippen molar-refractivity contribution in [3.63, 3.8) is 0 Å². The number of rotatable bonds is 9. The Bertz CT molecular complexity index is 330. The highest BCUT2D eigenvalue weighted by Gasteiger charge is 2.08. The Morgan fingerprint density at radius 2 is 2.17 bits per heavy atom. The van der Waals surface area contributed by atoms with Crippen molar-refractivity contribution in [2.24, 2.45) is 5.92 Å². The molecule has 102 valence electrons. The Kier molecular flexibility index (Phi) is 8.74. The van der Waals surface area contributed by atoms with Crippen LogP contribution in [-0.4, -0.2) is 19.1 Å². The molecule has 1 rings (SSSR count). The Labute approximate surface area is 124 Å². The highest BCUT2D eigenvalue weighted by molar-refractivity contribution is 9.10. The van der Waals surface area contributed by atoms with Crippen LogP contribution >= 0.6 is 27.5 Å². The molecule has 3 heteroatoms. The first-order chi connectivity index (χ1) is 8.76. The lowest BCUT2D eigenvalue weighted by molar-refractivity contribution is 0.119. The molecule has 0 aliphatic carbocycles. The van der Waals surface area contributed by atoms with Crippen LogP contribution in [0.15, 0.2) is 28.7 Å². The van der Waals surface area contributed by atoms with Crippen LogP contribution in [0.2, 0.25) is 0 Å². The number of alkyl halides is 1. The topological polar surface area (TPSA) is 9.23 Å². The summed E-state index contributed by atoms with van der Waals surface area (Å²) >= 11 is 9.53. The standard InChI is InChI=1S/C15H22BrClO/c1-2-3-8-18-9-7-14(12-17)10-13-5-4-6-15(16)11-13/h4-6,11,14H,2-3,7-10,12H2,1H3. The first kappa shape index (κ1) is 16.0. The van der Waals surface area contributed by atoms with Gasteiger partial charge < -0.3 is 4.74 Å². The van der Waals surface area contributed by atoms with Gasteiger partial charge >= 0.3 is 0 Å². The first-order valence-electron chi connectivity index (χ1n) is 6.64. The number of benzene rings is 1. The molecule has 1 atom stereocenters. The first-order valence-corrected chi connectivity index (χ1v) is 7.97. The van der Waals surface area contributed by atoms with Crippen LogP contribution in [0.1, 0.15) is 31.7 Å². The van der Waals surface area contributed by atoms with Crippen LogP contribution in [0, 0.1) is 5.92 Å². The van der Waals surface area contributed by atoms with Crippen molar-refractivity contribution in [3.05, 3.63) is 34.3 Å². The molecule has 0 heterocycles. The average Bonchev–Trinajstić information content (AvgIpc) is 2.37. The van der Waals surface area contributed by atoms with Crippen LogP contribution in [0.5, 0.6) is 0 Å². The molecular weight excluding hydrogens is 312 g/mol. The van der Waals surface area contributed by atoms with Gasteiger partial charge in [-0.15, -0.1) is 11.6 Å². The fourth-order valence-corrected chi connectivity index (χ4v) is 2.54. The van der Waals surface area contributed by atoms with Gasteiger partial charge in [-0.25, -0.2) is 0 Å². The zero-order valence-electron chi connectivity index (χ0n) is 11.0. The lowest BCUT2D eigenvalue weighted by atomic mass is 9.98. The quantitative estimate of drug-likeness (QED) is 0.454. The summed E-state index contributed by atoms with van der Waals surface area (Å²) in [6.07, 6.45) is 4.41. The van der Waals surface area contributed by atoms with Gasteiger partial charge in [0.05, 0.1) is 0 Å². The molecule has 1 unspecified atom stereocenters. The van der Waals surface area contributed by atoms with Gasteiger partial charge in [0.15, 0.2) is 0 Å². The van der Waals surface area contributed by atoms with E-state index in [1.807, 2.05) is 6.07 Å². The minimum absolute atomic E-state index is 0.502. The fourth-order valence-electron chi connectivity index (χ4n) is 1.83. The molecule has 1 nitrogen and oxygen atoms in total. The molecule has 0 aliphatic heterocycles. The Morgan fingerprint density at radius 1 is 1.33 bits per heavy atom. The van der Waals surface area contributed by atoms with Crippen molar-refractivity contribution in [1.82, 2.24) is 0 Å². The van der Waals surface area contributed by atoms with E-state index >= 15 is 0 Å². The zero-order chi connectivity index (χ0) is 13.2. The van der Waals surface area contributed by atoms with Crippen LogP contribution in [0.25, 0.3) is 0 Å². The van der Waals surface area contributed by atoms with Crippen LogP contribution < -0.4 is 0 Å². The molecule has 1 aromatic rings. The SMILES string of the molecule is CCCCOCCC(CCl)Cc1cccc(Br)c1. The van der Waals surface area contributed by atoms with E-state index in [1.54, 1.807) is 0 Å². The van der Waals surface area contributed by atoms with Crippen LogP contribution in [0.3, 0.4) is 0 Å². The second kappa shape index (κ2) is 9.82. The van der Waals surface area contributed by atoms with E-state index in [0.717, 1.165) is 36.9 Å². The average molecular weight is 334 g/mol. The molecule has 0 radical (unpaired) electrons. The largest absolute Gasteiger partial charge is 0.381 e. The summed E-state index contributed by atoms with van der Waals surface area (Å²) in [5, 5.41) is 0. The predicted molar refractivity (Wildman–Crippen MR) is 82.4 cm³/mol. The number of hydrogen-bond donors (Lipinski definition) is 0. The smallest absolute Gasteiger partial charge is 0.0469 e. The number of unbranched alkanes of at least 4 members (excludes halogenated alkanes) is 1. The Hall–Kier alpha value is -0.0500. The van der Waals surface area contributed by atoms with E-state index in [9.17, 15) is 0 Å². The van der Waals surface area contributed by atoms with Gasteiger partial charge in [0.1, 0.15) is 0 Å². The van der Waals surface area contributed by atoms with E-state index < -0.39 is 0 Å². The second-order valence-electron chi connectivity index (χ2n) is 4.61. The molecule has 1 aromatic carbocycles. The van der Waals surface area contributed by atoms with Crippen molar-refractivity contribution < 1.29 is 4.74 Å². The van der Waals surface area contributed by atoms with Gasteiger partial charge in [-0.05, 0) is 42.9 Å². The van der Waals surface area contributed by atoms with Gasteiger partial charge in [-0.1, -0.05) is 41.4 Å². The van der Waals surface area contributed by atoms with Crippen LogP contribution in [-0.2, 0) is 11.2 Å². The monoisotopic (exact) mass is 332 g/mol. The molecule has 0 spiro atoms. The van der Waals surface area contributed by atoms with Crippen molar-refractivity contribution in [2.75, 3.05) is 19.1 Å². The fraction of sp³-hybridized carbons (Fsp3) is 0.600. The van der Waals surface area contributed by atoms with E-state index in [0.29, 0.717) is 11.8 Å². The molecule has 0 aliphatic rings. The Balaban J connectivity index is 2.28. The normalized spacial score (nSPS) is 12.6. The molecule has 0 amide bonds. The van der Waals surface area contributed by atoms with Gasteiger partial charge in [0.25, 0.3) is 0 Å². The minimum Gasteiger partial charge on any atom is -0.381 e. The second-order valence-corrected chi connectivity index (χ2v) is 5.83. The molecule has 18 heavy (non-hydrogen) atoms. The minimum atomic E-state index is 0.502. The van der Waals surface area contributed by atoms with E-state index in [4.69, 9.17) is 16.3 Å². The summed E-state index contributed by atoms with van der Waals surface area (Å²) in [6, 6.07) is 8.44. The van der Waals surface area contributed by atoms with E-state index in [1.165, 1.54) is 12.0 Å². The summed E-state index contributed by atoms with van der Waals surface area (Å²) in [7, 11) is 0. The van der Waals surface area contributed by atoms with E-state index in [2.05, 4.69) is 41.1 Å². The molecule has 0 bridgehead atoms. The zero-order valence-corrected chi connectivity index (χ0v) is 13.3. The van der Waals surface area contributed by atoms with Gasteiger partial charge in [0, 0.05) is 23.6 Å². The highest BCUT2D eigenvalue weighted by atomic mass is 79.9. The third-order valence-electron chi connectivity index (χ3n) is 2.94. The molecule has 0 N–H and O–H groups in total. The lowest BCUT2D eigenvalue weighted by Gasteiger charge is -2.14. The third kappa shape index (κ3) is 6.77. The van der Waals surface area contributed by atoms with Crippen molar-refractivity contribution in [1.29, 1.82) is 0 Å². The van der Waals surface area contributed by atoms with Crippen molar-refractivity contribution in [2.45, 2.75) is 32.6 Å². The number of halogens is 2. The molecule has 0 saturated heterocycles. The van der Waals surface area contributed by atoms with Crippen molar-refractivity contribution in [3.8, 4) is 0 Å². The maximum atomic E-state index is 6.03. The van der Waals surface area contributed by atoms with E-state index in [-0.39, 0.29) is 0 Å². The summed E-state index contributed by atoms with van der Waals surface area (Å²) < 4.78 is 6.73. The summed E-state index contributed by atoms with van der Waals surface area (Å²) in [5.74, 6) is 1.20. The van der Waals surface area contributed by atoms with Gasteiger partial charge in [0.2, 0.25) is 0 Å². The summed E-state index contributed by atoms with van der Waals surface area (Å²) in [6.45, 7) is 3.88. The third-order valence-corrected chi connectivity index (χ3v) is 3.87. The van der Waals surface area contributed by atoms with Crippen LogP contribution in [0.4, 0.5) is 0 Å². The summed E-state index contributed by atoms with van der Waals surface area (Å²) in [5.41, 5.74) is 1.34. The Morgan fingerprint density at radius 3 is 2.83 bits per heavy atom. The maximum absolute atomic E-state index is 6.03. The number of ether oxygens (including phenoxy) is 1. The predicted octanol–water partition coefficient (Wildman–Crippen LogP) is 5.05. The number of hydrogen-bond acceptors (Lipinski definition) is 1. The van der Waals surface area contributed by atoms with Gasteiger partial charge in [-0.2, -0.15) is 0 Å². The molecule has 0 aromatic heterocycles. The molecule has 0 saturated carbocycles. The molecule has 0 fully saturated rings. The van der Waals surface area contributed by atoms with Gasteiger partial charge in [-0.3, -0.25) is 0 Å². The molecular formula is C15H22BrClO. The van der Waals surface area contributed by atoms with Crippen molar-refractivity contribution >= 4 is 27.5 Å². The maximum Gasteiger partial charge on any atom is 0.0469 e. The highest BCUT2D eigenvalue weighted by Crippen LogP contribution is 2.18.